The van der Waals surface area contributed by atoms with Crippen LogP contribution >= 0.6 is 0 Å². The van der Waals surface area contributed by atoms with E-state index in [1.807, 2.05) is 47.4 Å². The van der Waals surface area contributed by atoms with Crippen LogP contribution in [0, 0.1) is 6.92 Å². The summed E-state index contributed by atoms with van der Waals surface area (Å²) in [4.78, 5) is 25.4. The van der Waals surface area contributed by atoms with Crippen LogP contribution in [-0.2, 0) is 19.3 Å². The Morgan fingerprint density at radius 1 is 0.775 bits per heavy atom. The van der Waals surface area contributed by atoms with E-state index in [1.165, 1.54) is 11.1 Å². The Balaban J connectivity index is 1.45. The summed E-state index contributed by atoms with van der Waals surface area (Å²) < 4.78 is 2.31. The van der Waals surface area contributed by atoms with Crippen LogP contribution in [0.2, 0.25) is 0 Å². The highest BCUT2D eigenvalue weighted by Crippen LogP contribution is 2.37. The average molecular weight is 525 g/mol. The Hall–Kier alpha value is -4.77. The van der Waals surface area contributed by atoms with E-state index in [9.17, 15) is 4.79 Å². The molecule has 0 radical (unpaired) electrons. The Kier molecular flexibility index (Phi) is 7.36. The molecule has 1 aliphatic heterocycles. The molecule has 2 aromatic heterocycles. The Bertz CT molecular complexity index is 1610. The van der Waals surface area contributed by atoms with Gasteiger partial charge in [0, 0.05) is 42.8 Å². The summed E-state index contributed by atoms with van der Waals surface area (Å²) in [5.41, 5.74) is 7.47. The maximum atomic E-state index is 14.0. The van der Waals surface area contributed by atoms with E-state index in [2.05, 4.69) is 83.3 Å². The molecule has 40 heavy (non-hydrogen) atoms. The van der Waals surface area contributed by atoms with Crippen molar-refractivity contribution in [3.63, 3.8) is 0 Å². The summed E-state index contributed by atoms with van der Waals surface area (Å²) in [7, 11) is 0. The van der Waals surface area contributed by atoms with Gasteiger partial charge in [0.25, 0.3) is 5.91 Å². The Labute approximate surface area is 235 Å². The lowest BCUT2D eigenvalue weighted by atomic mass is 10.00. The van der Waals surface area contributed by atoms with Crippen LogP contribution < -0.4 is 0 Å². The molecule has 0 spiro atoms. The molecule has 1 amide bonds. The van der Waals surface area contributed by atoms with E-state index in [1.54, 1.807) is 12.4 Å². The number of fused-ring (bicyclic) bond motifs is 1. The maximum Gasteiger partial charge on any atom is 0.260 e. The number of carbonyl (C=O) groups is 1. The average Bonchev–Trinajstić information content (AvgIpc) is 3.34. The zero-order valence-electron chi connectivity index (χ0n) is 22.6. The SMILES string of the molecule is Cc1c(Cc2ccccc2)nc2n1C(CCc1ccccc1)=CN(C(=O)c1cccnc1)[C@H]2Cc1ccccc1. The Morgan fingerprint density at radius 3 is 2.08 bits per heavy atom. The maximum absolute atomic E-state index is 14.0. The summed E-state index contributed by atoms with van der Waals surface area (Å²) in [6.45, 7) is 2.16. The van der Waals surface area contributed by atoms with Crippen LogP contribution in [0.15, 0.2) is 122 Å². The third-order valence-corrected chi connectivity index (χ3v) is 7.58. The summed E-state index contributed by atoms with van der Waals surface area (Å²) >= 11 is 0. The normalized spacial score (nSPS) is 14.5. The lowest BCUT2D eigenvalue weighted by molar-refractivity contribution is 0.0752. The number of pyridine rings is 1. The number of imidazole rings is 1. The van der Waals surface area contributed by atoms with Crippen molar-refractivity contribution in [3.8, 4) is 0 Å². The molecule has 5 heteroatoms. The van der Waals surface area contributed by atoms with Crippen molar-refractivity contribution in [1.82, 2.24) is 19.4 Å². The van der Waals surface area contributed by atoms with E-state index < -0.39 is 0 Å². The van der Waals surface area contributed by atoms with E-state index in [0.29, 0.717) is 12.0 Å². The van der Waals surface area contributed by atoms with Crippen LogP contribution in [-0.4, -0.2) is 25.3 Å². The second-order valence-corrected chi connectivity index (χ2v) is 10.3. The molecule has 5 aromatic rings. The molecule has 3 aromatic carbocycles. The van der Waals surface area contributed by atoms with Gasteiger partial charge in [-0.1, -0.05) is 91.0 Å². The number of rotatable bonds is 8. The van der Waals surface area contributed by atoms with Crippen molar-refractivity contribution in [2.75, 3.05) is 0 Å². The molecule has 0 saturated heterocycles. The molecule has 0 unspecified atom stereocenters. The van der Waals surface area contributed by atoms with Gasteiger partial charge in [-0.05, 0) is 48.6 Å². The van der Waals surface area contributed by atoms with Crippen molar-refractivity contribution in [1.29, 1.82) is 0 Å². The first-order chi connectivity index (χ1) is 19.7. The lowest BCUT2D eigenvalue weighted by Gasteiger charge is -2.35. The summed E-state index contributed by atoms with van der Waals surface area (Å²) in [6.07, 6.45) is 8.46. The van der Waals surface area contributed by atoms with E-state index in [4.69, 9.17) is 4.98 Å². The molecule has 0 aliphatic carbocycles. The molecular formula is C35H32N4O. The van der Waals surface area contributed by atoms with Crippen LogP contribution in [0.3, 0.4) is 0 Å². The number of nitrogens with zero attached hydrogens (tertiary/aromatic N) is 4. The Morgan fingerprint density at radius 2 is 1.43 bits per heavy atom. The van der Waals surface area contributed by atoms with Crippen molar-refractivity contribution in [3.05, 3.63) is 161 Å². The fourth-order valence-electron chi connectivity index (χ4n) is 5.50. The standard InChI is InChI=1S/C35H32N4O/c1-26-32(22-28-14-7-3-8-15-28)37-34-33(23-29-16-9-4-10-17-29)38(35(40)30-18-11-21-36-24-30)25-31(39(26)34)20-19-27-12-5-2-6-13-27/h2-18,21,24-25,33H,19-20,22-23H2,1H3/t33-/m0/s1. The van der Waals surface area contributed by atoms with Gasteiger partial charge in [-0.3, -0.25) is 9.78 Å². The zero-order valence-corrected chi connectivity index (χ0v) is 22.6. The van der Waals surface area contributed by atoms with Crippen LogP contribution in [0.25, 0.3) is 5.70 Å². The summed E-state index contributed by atoms with van der Waals surface area (Å²) in [5, 5.41) is 0. The van der Waals surface area contributed by atoms with Crippen molar-refractivity contribution >= 4 is 11.6 Å². The summed E-state index contributed by atoms with van der Waals surface area (Å²) in [5.74, 6) is 0.845. The first-order valence-electron chi connectivity index (χ1n) is 13.8. The van der Waals surface area contributed by atoms with Gasteiger partial charge in [-0.25, -0.2) is 4.98 Å². The van der Waals surface area contributed by atoms with Gasteiger partial charge in [0.2, 0.25) is 0 Å². The van der Waals surface area contributed by atoms with E-state index in [-0.39, 0.29) is 11.9 Å². The fourth-order valence-corrected chi connectivity index (χ4v) is 5.50. The van der Waals surface area contributed by atoms with Gasteiger partial charge in [-0.2, -0.15) is 0 Å². The molecule has 5 nitrogen and oxygen atoms in total. The van der Waals surface area contributed by atoms with Crippen LogP contribution in [0.4, 0.5) is 0 Å². The summed E-state index contributed by atoms with van der Waals surface area (Å²) in [6, 6.07) is 34.7. The first kappa shape index (κ1) is 25.5. The molecule has 0 bridgehead atoms. The van der Waals surface area contributed by atoms with E-state index >= 15 is 0 Å². The minimum absolute atomic E-state index is 0.0669. The van der Waals surface area contributed by atoms with Crippen molar-refractivity contribution in [2.24, 2.45) is 0 Å². The quantitative estimate of drug-likeness (QED) is 0.219. The topological polar surface area (TPSA) is 51.0 Å². The molecular weight excluding hydrogens is 492 g/mol. The second-order valence-electron chi connectivity index (χ2n) is 10.3. The lowest BCUT2D eigenvalue weighted by Crippen LogP contribution is -2.37. The minimum Gasteiger partial charge on any atom is -0.302 e. The molecule has 0 saturated carbocycles. The first-order valence-corrected chi connectivity index (χ1v) is 13.8. The van der Waals surface area contributed by atoms with E-state index in [0.717, 1.165) is 47.7 Å². The third kappa shape index (κ3) is 5.36. The predicted octanol–water partition coefficient (Wildman–Crippen LogP) is 7.05. The van der Waals surface area contributed by atoms with Gasteiger partial charge in [0.1, 0.15) is 5.82 Å². The second kappa shape index (κ2) is 11.5. The number of aromatic nitrogens is 3. The largest absolute Gasteiger partial charge is 0.302 e. The number of amides is 1. The van der Waals surface area contributed by atoms with Crippen LogP contribution in [0.5, 0.6) is 0 Å². The van der Waals surface area contributed by atoms with Gasteiger partial charge in [0.15, 0.2) is 0 Å². The van der Waals surface area contributed by atoms with Gasteiger partial charge in [-0.15, -0.1) is 0 Å². The number of benzene rings is 3. The van der Waals surface area contributed by atoms with Gasteiger partial charge < -0.3 is 9.47 Å². The highest BCUT2D eigenvalue weighted by molar-refractivity contribution is 5.95. The molecule has 0 fully saturated rings. The molecule has 3 heterocycles. The number of carbonyl (C=O) groups excluding carboxylic acids is 1. The number of hydrogen-bond donors (Lipinski definition) is 0. The van der Waals surface area contributed by atoms with Gasteiger partial charge >= 0.3 is 0 Å². The number of hydrogen-bond acceptors (Lipinski definition) is 3. The molecule has 1 atom stereocenters. The molecule has 198 valence electrons. The highest BCUT2D eigenvalue weighted by atomic mass is 16.2. The zero-order chi connectivity index (χ0) is 27.3. The molecule has 0 N–H and O–H groups in total. The molecule has 1 aliphatic rings. The van der Waals surface area contributed by atoms with Gasteiger partial charge in [0.05, 0.1) is 17.3 Å². The number of allylic oxidation sites excluding steroid dienone is 1. The third-order valence-electron chi connectivity index (χ3n) is 7.58. The number of aryl methyl sites for hydroxylation is 1. The van der Waals surface area contributed by atoms with Crippen LogP contribution in [0.1, 0.15) is 56.7 Å². The predicted molar refractivity (Wildman–Crippen MR) is 159 cm³/mol. The monoisotopic (exact) mass is 524 g/mol. The minimum atomic E-state index is -0.251. The fraction of sp³-hybridized carbons (Fsp3) is 0.171. The highest BCUT2D eigenvalue weighted by Gasteiger charge is 2.35. The van der Waals surface area contributed by atoms with Crippen molar-refractivity contribution in [2.45, 2.75) is 38.6 Å². The van der Waals surface area contributed by atoms with Crippen molar-refractivity contribution < 1.29 is 4.79 Å². The molecule has 6 rings (SSSR count). The smallest absolute Gasteiger partial charge is 0.260 e.